The highest BCUT2D eigenvalue weighted by Gasteiger charge is 2.11. The molecular formula is C27H30N2O3. The number of ether oxygens (including phenoxy) is 1. The molecule has 0 unspecified atom stereocenters. The molecule has 3 rings (SSSR count). The summed E-state index contributed by atoms with van der Waals surface area (Å²) in [6.45, 7) is 4.70. The summed E-state index contributed by atoms with van der Waals surface area (Å²) in [6.07, 6.45) is 2.72. The SMILES string of the molecule is CCCOc1ccc(C(=O)Nc2ccc(C(=O)N[C@H](C)CCc3ccccc3)cc2)cc1. The molecule has 166 valence electrons. The molecule has 0 aliphatic rings. The lowest BCUT2D eigenvalue weighted by Crippen LogP contribution is -2.32. The largest absolute Gasteiger partial charge is 0.494 e. The summed E-state index contributed by atoms with van der Waals surface area (Å²) in [5.41, 5.74) is 3.00. The standard InChI is InChI=1S/C27H30N2O3/c1-3-19-32-25-17-13-23(14-18-25)27(31)29-24-15-11-22(12-16-24)26(30)28-20(2)9-10-21-7-5-4-6-8-21/h4-8,11-18,20H,3,9-10,19H2,1-2H3,(H,28,30)(H,29,31)/t20-/m1/s1. The van der Waals surface area contributed by atoms with Gasteiger partial charge in [0.15, 0.2) is 0 Å². The van der Waals surface area contributed by atoms with Gasteiger partial charge in [0.25, 0.3) is 11.8 Å². The van der Waals surface area contributed by atoms with Crippen molar-refractivity contribution >= 4 is 17.5 Å². The number of hydrogen-bond donors (Lipinski definition) is 2. The monoisotopic (exact) mass is 430 g/mol. The van der Waals surface area contributed by atoms with Gasteiger partial charge >= 0.3 is 0 Å². The maximum Gasteiger partial charge on any atom is 0.255 e. The van der Waals surface area contributed by atoms with Gasteiger partial charge < -0.3 is 15.4 Å². The van der Waals surface area contributed by atoms with Crippen LogP contribution >= 0.6 is 0 Å². The Bertz CT molecular complexity index is 999. The van der Waals surface area contributed by atoms with E-state index < -0.39 is 0 Å². The summed E-state index contributed by atoms with van der Waals surface area (Å²) in [5.74, 6) is 0.418. The Hall–Kier alpha value is -3.60. The van der Waals surface area contributed by atoms with Gasteiger partial charge in [0.1, 0.15) is 5.75 Å². The second-order valence-corrected chi connectivity index (χ2v) is 7.80. The van der Waals surface area contributed by atoms with Crippen molar-refractivity contribution in [2.75, 3.05) is 11.9 Å². The van der Waals surface area contributed by atoms with Gasteiger partial charge in [-0.3, -0.25) is 9.59 Å². The highest BCUT2D eigenvalue weighted by molar-refractivity contribution is 6.04. The average molecular weight is 431 g/mol. The van der Waals surface area contributed by atoms with Crippen LogP contribution in [0.1, 0.15) is 53.0 Å². The predicted octanol–water partition coefficient (Wildman–Crippen LogP) is 5.48. The van der Waals surface area contributed by atoms with Crippen molar-refractivity contribution in [1.82, 2.24) is 5.32 Å². The molecule has 1 atom stereocenters. The van der Waals surface area contributed by atoms with Crippen LogP contribution < -0.4 is 15.4 Å². The van der Waals surface area contributed by atoms with E-state index in [2.05, 4.69) is 22.8 Å². The van der Waals surface area contributed by atoms with Crippen LogP contribution in [-0.4, -0.2) is 24.5 Å². The van der Waals surface area contributed by atoms with Gasteiger partial charge in [0.2, 0.25) is 0 Å². The fourth-order valence-corrected chi connectivity index (χ4v) is 3.24. The molecule has 0 bridgehead atoms. The zero-order chi connectivity index (χ0) is 22.8. The van der Waals surface area contributed by atoms with E-state index in [0.29, 0.717) is 23.4 Å². The molecule has 0 fully saturated rings. The van der Waals surface area contributed by atoms with Crippen LogP contribution in [0.3, 0.4) is 0 Å². The highest BCUT2D eigenvalue weighted by atomic mass is 16.5. The van der Waals surface area contributed by atoms with Crippen molar-refractivity contribution < 1.29 is 14.3 Å². The summed E-state index contributed by atoms with van der Waals surface area (Å²) in [6, 6.07) is 24.3. The number of carbonyl (C=O) groups is 2. The normalized spacial score (nSPS) is 11.4. The van der Waals surface area contributed by atoms with Crippen LogP contribution in [0.2, 0.25) is 0 Å². The fourth-order valence-electron chi connectivity index (χ4n) is 3.24. The van der Waals surface area contributed by atoms with Crippen molar-refractivity contribution in [2.24, 2.45) is 0 Å². The number of anilines is 1. The molecule has 0 aliphatic heterocycles. The van der Waals surface area contributed by atoms with E-state index in [1.54, 1.807) is 48.5 Å². The van der Waals surface area contributed by atoms with Gasteiger partial charge in [-0.05, 0) is 80.3 Å². The molecule has 3 aromatic rings. The Morgan fingerprint density at radius 2 is 1.47 bits per heavy atom. The zero-order valence-electron chi connectivity index (χ0n) is 18.6. The highest BCUT2D eigenvalue weighted by Crippen LogP contribution is 2.15. The first-order valence-corrected chi connectivity index (χ1v) is 11.0. The lowest BCUT2D eigenvalue weighted by Gasteiger charge is -2.14. The predicted molar refractivity (Wildman–Crippen MR) is 128 cm³/mol. The first-order chi connectivity index (χ1) is 15.5. The van der Waals surface area contributed by atoms with Crippen LogP contribution in [0.15, 0.2) is 78.9 Å². The minimum atomic E-state index is -0.209. The first kappa shape index (κ1) is 23.1. The summed E-state index contributed by atoms with van der Waals surface area (Å²) >= 11 is 0. The van der Waals surface area contributed by atoms with E-state index in [0.717, 1.165) is 25.0 Å². The van der Waals surface area contributed by atoms with E-state index in [4.69, 9.17) is 4.74 Å². The number of aryl methyl sites for hydroxylation is 1. The Labute approximate surface area is 189 Å². The third kappa shape index (κ3) is 6.98. The van der Waals surface area contributed by atoms with Crippen molar-refractivity contribution in [2.45, 2.75) is 39.2 Å². The summed E-state index contributed by atoms with van der Waals surface area (Å²) in [7, 11) is 0. The minimum absolute atomic E-state index is 0.0614. The number of hydrogen-bond acceptors (Lipinski definition) is 3. The third-order valence-corrected chi connectivity index (χ3v) is 5.08. The first-order valence-electron chi connectivity index (χ1n) is 11.0. The maximum absolute atomic E-state index is 12.5. The molecule has 5 heteroatoms. The van der Waals surface area contributed by atoms with Crippen LogP contribution in [-0.2, 0) is 6.42 Å². The Kier molecular flexibility index (Phi) is 8.44. The molecule has 0 radical (unpaired) electrons. The van der Waals surface area contributed by atoms with Crippen LogP contribution in [0.25, 0.3) is 0 Å². The zero-order valence-corrected chi connectivity index (χ0v) is 18.6. The van der Waals surface area contributed by atoms with Crippen molar-refractivity contribution in [3.05, 3.63) is 95.6 Å². The number of amides is 2. The molecule has 32 heavy (non-hydrogen) atoms. The molecule has 0 spiro atoms. The Morgan fingerprint density at radius 1 is 0.844 bits per heavy atom. The molecule has 0 heterocycles. The molecule has 0 aromatic heterocycles. The number of benzene rings is 3. The molecular weight excluding hydrogens is 400 g/mol. The topological polar surface area (TPSA) is 67.4 Å². The summed E-state index contributed by atoms with van der Waals surface area (Å²) < 4.78 is 5.54. The Morgan fingerprint density at radius 3 is 2.12 bits per heavy atom. The molecule has 5 nitrogen and oxygen atoms in total. The molecule has 2 amide bonds. The van der Waals surface area contributed by atoms with Gasteiger partial charge in [-0.15, -0.1) is 0 Å². The van der Waals surface area contributed by atoms with E-state index in [9.17, 15) is 9.59 Å². The third-order valence-electron chi connectivity index (χ3n) is 5.08. The van der Waals surface area contributed by atoms with Crippen molar-refractivity contribution in [1.29, 1.82) is 0 Å². The van der Waals surface area contributed by atoms with Gasteiger partial charge in [-0.1, -0.05) is 37.3 Å². The van der Waals surface area contributed by atoms with Crippen LogP contribution in [0, 0.1) is 0 Å². The number of nitrogens with one attached hydrogen (secondary N) is 2. The number of carbonyl (C=O) groups excluding carboxylic acids is 2. The van der Waals surface area contributed by atoms with E-state index in [1.165, 1.54) is 5.56 Å². The van der Waals surface area contributed by atoms with E-state index >= 15 is 0 Å². The molecule has 0 saturated heterocycles. The second-order valence-electron chi connectivity index (χ2n) is 7.80. The van der Waals surface area contributed by atoms with Gasteiger partial charge in [0, 0.05) is 22.9 Å². The van der Waals surface area contributed by atoms with Gasteiger partial charge in [-0.25, -0.2) is 0 Å². The van der Waals surface area contributed by atoms with E-state index in [-0.39, 0.29) is 17.9 Å². The maximum atomic E-state index is 12.5. The quantitative estimate of drug-likeness (QED) is 0.448. The molecule has 2 N–H and O–H groups in total. The summed E-state index contributed by atoms with van der Waals surface area (Å²) in [5, 5.41) is 5.89. The molecule has 3 aromatic carbocycles. The summed E-state index contributed by atoms with van der Waals surface area (Å²) in [4.78, 5) is 25.0. The lowest BCUT2D eigenvalue weighted by molar-refractivity contribution is 0.0938. The van der Waals surface area contributed by atoms with E-state index in [1.807, 2.05) is 32.0 Å². The molecule has 0 aliphatic carbocycles. The van der Waals surface area contributed by atoms with Gasteiger partial charge in [0.05, 0.1) is 6.61 Å². The van der Waals surface area contributed by atoms with Crippen LogP contribution in [0.4, 0.5) is 5.69 Å². The minimum Gasteiger partial charge on any atom is -0.494 e. The number of rotatable bonds is 10. The lowest BCUT2D eigenvalue weighted by atomic mass is 10.1. The smallest absolute Gasteiger partial charge is 0.255 e. The van der Waals surface area contributed by atoms with Crippen molar-refractivity contribution in [3.8, 4) is 5.75 Å². The fraction of sp³-hybridized carbons (Fsp3) is 0.259. The van der Waals surface area contributed by atoms with Gasteiger partial charge in [-0.2, -0.15) is 0 Å². The Balaban J connectivity index is 1.49. The van der Waals surface area contributed by atoms with Crippen molar-refractivity contribution in [3.63, 3.8) is 0 Å². The van der Waals surface area contributed by atoms with Crippen LogP contribution in [0.5, 0.6) is 5.75 Å². The average Bonchev–Trinajstić information content (AvgIpc) is 2.83. The molecule has 0 saturated carbocycles. The second kappa shape index (κ2) is 11.7.